The Hall–Kier alpha value is -0.840. The van der Waals surface area contributed by atoms with Crippen molar-refractivity contribution in [2.45, 2.75) is 69.9 Å². The fourth-order valence-electron chi connectivity index (χ4n) is 3.44. The smallest absolute Gasteiger partial charge is 0.225 e. The van der Waals surface area contributed by atoms with Crippen molar-refractivity contribution in [3.05, 3.63) is 0 Å². The lowest BCUT2D eigenvalue weighted by Gasteiger charge is -2.36. The molecule has 0 aromatic heterocycles. The van der Waals surface area contributed by atoms with Gasteiger partial charge in [-0.05, 0) is 50.7 Å². The van der Waals surface area contributed by atoms with Crippen molar-refractivity contribution in [2.75, 3.05) is 13.1 Å². The van der Waals surface area contributed by atoms with Crippen LogP contribution in [0.2, 0.25) is 0 Å². The molecule has 2 saturated carbocycles. The van der Waals surface area contributed by atoms with Crippen molar-refractivity contribution in [3.63, 3.8) is 0 Å². The van der Waals surface area contributed by atoms with Crippen LogP contribution in [-0.2, 0) is 4.79 Å². The molecule has 1 atom stereocenters. The van der Waals surface area contributed by atoms with E-state index in [0.29, 0.717) is 12.1 Å². The van der Waals surface area contributed by atoms with E-state index in [1.165, 1.54) is 32.1 Å². The summed E-state index contributed by atoms with van der Waals surface area (Å²) in [5, 5.41) is 7.53. The van der Waals surface area contributed by atoms with Gasteiger partial charge in [0.15, 0.2) is 5.11 Å². The van der Waals surface area contributed by atoms with Crippen LogP contribution in [0.5, 0.6) is 0 Å². The van der Waals surface area contributed by atoms with E-state index in [0.717, 1.165) is 43.9 Å². The summed E-state index contributed by atoms with van der Waals surface area (Å²) in [4.78, 5) is 14.4. The Bertz CT molecular complexity index is 391. The molecule has 3 rings (SSSR count). The van der Waals surface area contributed by atoms with Crippen LogP contribution < -0.4 is 10.6 Å². The van der Waals surface area contributed by atoms with Gasteiger partial charge in [0, 0.05) is 25.2 Å². The summed E-state index contributed by atoms with van der Waals surface area (Å²) in [5.41, 5.74) is 0. The first kappa shape index (κ1) is 15.1. The summed E-state index contributed by atoms with van der Waals surface area (Å²) in [7, 11) is 0. The van der Waals surface area contributed by atoms with Crippen LogP contribution in [0.1, 0.15) is 57.8 Å². The summed E-state index contributed by atoms with van der Waals surface area (Å²) in [5.74, 6) is 0.355. The Balaban J connectivity index is 1.47. The molecule has 3 fully saturated rings. The fraction of sp³-hybridized carbons (Fsp3) is 0.875. The largest absolute Gasteiger partial charge is 0.360 e. The summed E-state index contributed by atoms with van der Waals surface area (Å²) in [6.45, 7) is 1.78. The molecule has 1 amide bonds. The number of amides is 1. The first-order chi connectivity index (χ1) is 10.2. The maximum atomic E-state index is 12.2. The second kappa shape index (κ2) is 6.95. The summed E-state index contributed by atoms with van der Waals surface area (Å²) in [6.07, 6.45) is 10.8. The van der Waals surface area contributed by atoms with Gasteiger partial charge < -0.3 is 15.5 Å². The molecule has 1 heterocycles. The number of hydrogen-bond acceptors (Lipinski definition) is 2. The molecule has 1 aliphatic heterocycles. The Morgan fingerprint density at radius 3 is 2.33 bits per heavy atom. The van der Waals surface area contributed by atoms with Gasteiger partial charge in [0.1, 0.15) is 0 Å². The Morgan fingerprint density at radius 1 is 0.905 bits per heavy atom. The predicted octanol–water partition coefficient (Wildman–Crippen LogP) is 2.18. The predicted molar refractivity (Wildman–Crippen MR) is 88.1 cm³/mol. The first-order valence-electron chi connectivity index (χ1n) is 8.58. The third-order valence-corrected chi connectivity index (χ3v) is 5.31. The number of nitrogens with one attached hydrogen (secondary N) is 2. The second-order valence-corrected chi connectivity index (χ2v) is 7.24. The molecular formula is C16H27N3OS. The minimum absolute atomic E-state index is 0.116. The van der Waals surface area contributed by atoms with Gasteiger partial charge in [-0.15, -0.1) is 0 Å². The lowest BCUT2D eigenvalue weighted by atomic mass is 9.95. The molecule has 0 aromatic carbocycles. The number of likely N-dealkylation sites (tertiary alicyclic amines) is 1. The molecule has 0 bridgehead atoms. The first-order valence-corrected chi connectivity index (χ1v) is 8.99. The highest BCUT2D eigenvalue weighted by Crippen LogP contribution is 2.23. The number of carbonyl (C=O) groups excluding carboxylic acids is 1. The zero-order valence-corrected chi connectivity index (χ0v) is 13.6. The molecular weight excluding hydrogens is 282 g/mol. The molecule has 0 spiro atoms. The van der Waals surface area contributed by atoms with E-state index in [1.54, 1.807) is 0 Å². The summed E-state index contributed by atoms with van der Waals surface area (Å²) in [6, 6.07) is 1.01. The average Bonchev–Trinajstić information content (AvgIpc) is 3.32. The van der Waals surface area contributed by atoms with E-state index in [4.69, 9.17) is 12.2 Å². The zero-order chi connectivity index (χ0) is 14.7. The number of piperidine rings is 1. The molecule has 2 N–H and O–H groups in total. The third-order valence-electron chi connectivity index (χ3n) is 4.94. The lowest BCUT2D eigenvalue weighted by molar-refractivity contribution is -0.126. The van der Waals surface area contributed by atoms with Gasteiger partial charge in [0.25, 0.3) is 0 Å². The highest BCUT2D eigenvalue weighted by molar-refractivity contribution is 7.80. The van der Waals surface area contributed by atoms with Crippen LogP contribution in [0.4, 0.5) is 0 Å². The van der Waals surface area contributed by atoms with Gasteiger partial charge in [-0.3, -0.25) is 4.79 Å². The Labute approximate surface area is 133 Å². The Kier molecular flexibility index (Phi) is 4.99. The van der Waals surface area contributed by atoms with Gasteiger partial charge >= 0.3 is 0 Å². The van der Waals surface area contributed by atoms with Crippen molar-refractivity contribution in [3.8, 4) is 0 Å². The van der Waals surface area contributed by atoms with E-state index in [1.807, 2.05) is 0 Å². The molecule has 3 aliphatic rings. The number of hydrogen-bond donors (Lipinski definition) is 2. The minimum Gasteiger partial charge on any atom is -0.360 e. The van der Waals surface area contributed by atoms with E-state index in [2.05, 4.69) is 15.5 Å². The van der Waals surface area contributed by atoms with Crippen molar-refractivity contribution >= 4 is 23.2 Å². The van der Waals surface area contributed by atoms with Crippen LogP contribution in [0.15, 0.2) is 0 Å². The van der Waals surface area contributed by atoms with Crippen molar-refractivity contribution in [1.82, 2.24) is 15.5 Å². The van der Waals surface area contributed by atoms with E-state index in [9.17, 15) is 4.79 Å². The van der Waals surface area contributed by atoms with E-state index < -0.39 is 0 Å². The van der Waals surface area contributed by atoms with Crippen molar-refractivity contribution in [1.29, 1.82) is 0 Å². The quantitative estimate of drug-likeness (QED) is 0.785. The number of rotatable bonds is 3. The van der Waals surface area contributed by atoms with Crippen LogP contribution in [-0.4, -0.2) is 41.1 Å². The molecule has 0 radical (unpaired) electrons. The third kappa shape index (κ3) is 4.31. The van der Waals surface area contributed by atoms with Crippen LogP contribution in [0.25, 0.3) is 0 Å². The molecule has 21 heavy (non-hydrogen) atoms. The fourth-order valence-corrected chi connectivity index (χ4v) is 3.77. The maximum Gasteiger partial charge on any atom is 0.225 e. The molecule has 0 unspecified atom stereocenters. The summed E-state index contributed by atoms with van der Waals surface area (Å²) >= 11 is 5.58. The van der Waals surface area contributed by atoms with Crippen LogP contribution in [0, 0.1) is 5.92 Å². The second-order valence-electron chi connectivity index (χ2n) is 6.85. The van der Waals surface area contributed by atoms with Crippen molar-refractivity contribution in [2.24, 2.45) is 5.92 Å². The molecule has 1 saturated heterocycles. The standard InChI is InChI=1S/C16H27N3OS/c20-15(17-14-8-9-14)12-5-4-10-19(11-12)16(21)18-13-6-2-1-3-7-13/h12-14H,1-11H2,(H,17,20)(H,18,21)/t12-/m0/s1. The van der Waals surface area contributed by atoms with Gasteiger partial charge in [0.05, 0.1) is 5.92 Å². The van der Waals surface area contributed by atoms with Crippen molar-refractivity contribution < 1.29 is 4.79 Å². The SMILES string of the molecule is O=C(NC1CC1)[C@H]1CCCN(C(=S)NC2CCCCC2)C1. The molecule has 4 nitrogen and oxygen atoms in total. The van der Waals surface area contributed by atoms with Gasteiger partial charge in [-0.25, -0.2) is 0 Å². The number of thiocarbonyl (C=S) groups is 1. The highest BCUT2D eigenvalue weighted by Gasteiger charge is 2.31. The Morgan fingerprint density at radius 2 is 1.62 bits per heavy atom. The monoisotopic (exact) mass is 309 g/mol. The number of nitrogens with zero attached hydrogens (tertiary/aromatic N) is 1. The normalized spacial score (nSPS) is 27.2. The molecule has 0 aromatic rings. The van der Waals surface area contributed by atoms with Crippen LogP contribution in [0.3, 0.4) is 0 Å². The molecule has 5 heteroatoms. The number of carbonyl (C=O) groups is 1. The maximum absolute atomic E-state index is 12.2. The zero-order valence-electron chi connectivity index (χ0n) is 12.8. The summed E-state index contributed by atoms with van der Waals surface area (Å²) < 4.78 is 0. The van der Waals surface area contributed by atoms with E-state index in [-0.39, 0.29) is 11.8 Å². The highest BCUT2D eigenvalue weighted by atomic mass is 32.1. The average molecular weight is 309 g/mol. The van der Waals surface area contributed by atoms with Gasteiger partial charge in [0.2, 0.25) is 5.91 Å². The minimum atomic E-state index is 0.116. The lowest BCUT2D eigenvalue weighted by Crippen LogP contribution is -2.51. The van der Waals surface area contributed by atoms with E-state index >= 15 is 0 Å². The van der Waals surface area contributed by atoms with Crippen LogP contribution >= 0.6 is 12.2 Å². The molecule has 118 valence electrons. The van der Waals surface area contributed by atoms with Gasteiger partial charge in [-0.1, -0.05) is 19.3 Å². The topological polar surface area (TPSA) is 44.4 Å². The van der Waals surface area contributed by atoms with Gasteiger partial charge in [-0.2, -0.15) is 0 Å². The molecule has 2 aliphatic carbocycles.